The van der Waals surface area contributed by atoms with E-state index in [1.165, 1.54) is 0 Å². The molecule has 3 aromatic rings. The average molecular weight is 448 g/mol. The molecule has 1 atom stereocenters. The van der Waals surface area contributed by atoms with Crippen molar-refractivity contribution in [2.45, 2.75) is 17.1 Å². The summed E-state index contributed by atoms with van der Waals surface area (Å²) in [6, 6.07) is 15.8. The molecule has 6 nitrogen and oxygen atoms in total. The molecule has 0 spiro atoms. The van der Waals surface area contributed by atoms with Gasteiger partial charge < -0.3 is 19.2 Å². The molecule has 158 valence electrons. The highest BCUT2D eigenvalue weighted by Crippen LogP contribution is 2.27. The van der Waals surface area contributed by atoms with Crippen LogP contribution in [0, 0.1) is 0 Å². The Kier molecular flexibility index (Phi) is 7.54. The van der Waals surface area contributed by atoms with E-state index in [0.717, 1.165) is 5.56 Å². The van der Waals surface area contributed by atoms with Crippen LogP contribution in [0.25, 0.3) is 0 Å². The van der Waals surface area contributed by atoms with Gasteiger partial charge in [0.15, 0.2) is 17.3 Å². The first-order valence-corrected chi connectivity index (χ1v) is 10.9. The van der Waals surface area contributed by atoms with Gasteiger partial charge in [0.1, 0.15) is 5.76 Å². The van der Waals surface area contributed by atoms with Gasteiger partial charge in [-0.3, -0.25) is 9.00 Å². The molecule has 2 aromatic carbocycles. The minimum atomic E-state index is -1.36. The maximum absolute atomic E-state index is 12.5. The summed E-state index contributed by atoms with van der Waals surface area (Å²) in [5, 5.41) is 3.26. The fourth-order valence-electron chi connectivity index (χ4n) is 2.86. The third-order valence-corrected chi connectivity index (χ3v) is 6.22. The number of methoxy groups -OCH3 is 2. The van der Waals surface area contributed by atoms with E-state index in [4.69, 9.17) is 25.5 Å². The van der Waals surface area contributed by atoms with Crippen LogP contribution in [-0.2, 0) is 23.0 Å². The quantitative estimate of drug-likeness (QED) is 0.531. The van der Waals surface area contributed by atoms with E-state index < -0.39 is 10.8 Å². The zero-order valence-corrected chi connectivity index (χ0v) is 18.2. The molecular weight excluding hydrogens is 426 g/mol. The lowest BCUT2D eigenvalue weighted by molar-refractivity contribution is 0.0925. The Morgan fingerprint density at radius 1 is 1.07 bits per heavy atom. The predicted octanol–water partition coefficient (Wildman–Crippen LogP) is 4.23. The van der Waals surface area contributed by atoms with Gasteiger partial charge in [-0.05, 0) is 48.4 Å². The van der Waals surface area contributed by atoms with Crippen molar-refractivity contribution in [3.05, 3.63) is 76.7 Å². The summed E-state index contributed by atoms with van der Waals surface area (Å²) in [6.45, 7) is 0.426. The van der Waals surface area contributed by atoms with Crippen molar-refractivity contribution in [2.24, 2.45) is 0 Å². The first-order valence-electron chi connectivity index (χ1n) is 9.22. The second kappa shape index (κ2) is 10.3. The highest BCUT2D eigenvalue weighted by Gasteiger charge is 2.15. The van der Waals surface area contributed by atoms with E-state index in [0.29, 0.717) is 40.1 Å². The number of carbonyl (C=O) groups excluding carboxylic acids is 1. The summed E-state index contributed by atoms with van der Waals surface area (Å²) >= 11 is 6.08. The van der Waals surface area contributed by atoms with Crippen LogP contribution in [0.15, 0.2) is 63.9 Å². The Balaban J connectivity index is 1.54. The van der Waals surface area contributed by atoms with Crippen LogP contribution < -0.4 is 14.8 Å². The molecule has 0 saturated heterocycles. The number of carbonyl (C=O) groups is 1. The van der Waals surface area contributed by atoms with E-state index in [2.05, 4.69) is 5.32 Å². The standard InChI is InChI=1S/C22H22ClNO5S/c1-27-18-9-7-15(13-20(18)28-2)11-12-24-22(25)19-10-8-16(29-19)14-30(26)21-6-4-3-5-17(21)23/h3-10,13H,11-12,14H2,1-2H3,(H,24,25)/t30-/m1/s1. The highest BCUT2D eigenvalue weighted by molar-refractivity contribution is 7.84. The summed E-state index contributed by atoms with van der Waals surface area (Å²) in [4.78, 5) is 12.9. The molecule has 0 bridgehead atoms. The van der Waals surface area contributed by atoms with Crippen molar-refractivity contribution in [2.75, 3.05) is 20.8 Å². The van der Waals surface area contributed by atoms with Gasteiger partial charge in [0.25, 0.3) is 5.91 Å². The molecular formula is C22H22ClNO5S. The maximum atomic E-state index is 12.5. The Bertz CT molecular complexity index is 1050. The average Bonchev–Trinajstić information content (AvgIpc) is 3.22. The van der Waals surface area contributed by atoms with Crippen LogP contribution in [-0.4, -0.2) is 30.9 Å². The highest BCUT2D eigenvalue weighted by atomic mass is 35.5. The Hall–Kier alpha value is -2.77. The third-order valence-electron chi connectivity index (χ3n) is 4.39. The number of halogens is 1. The molecule has 1 N–H and O–H groups in total. The number of rotatable bonds is 9. The van der Waals surface area contributed by atoms with Gasteiger partial charge in [-0.2, -0.15) is 0 Å². The van der Waals surface area contributed by atoms with Crippen molar-refractivity contribution in [3.63, 3.8) is 0 Å². The molecule has 0 aliphatic heterocycles. The van der Waals surface area contributed by atoms with Crippen molar-refractivity contribution < 1.29 is 22.9 Å². The normalized spacial score (nSPS) is 11.7. The smallest absolute Gasteiger partial charge is 0.287 e. The molecule has 3 rings (SSSR count). The zero-order valence-electron chi connectivity index (χ0n) is 16.6. The number of hydrogen-bond acceptors (Lipinski definition) is 5. The number of nitrogens with one attached hydrogen (secondary N) is 1. The summed E-state index contributed by atoms with van der Waals surface area (Å²) in [7, 11) is 1.80. The molecule has 1 amide bonds. The number of ether oxygens (including phenoxy) is 2. The lowest BCUT2D eigenvalue weighted by Gasteiger charge is -2.09. The zero-order chi connectivity index (χ0) is 21.5. The van der Waals surface area contributed by atoms with E-state index >= 15 is 0 Å². The lowest BCUT2D eigenvalue weighted by atomic mass is 10.1. The fraction of sp³-hybridized carbons (Fsp3) is 0.227. The van der Waals surface area contributed by atoms with Gasteiger partial charge in [-0.1, -0.05) is 29.8 Å². The Labute approximate surface area is 182 Å². The van der Waals surface area contributed by atoms with E-state index in [1.54, 1.807) is 50.6 Å². The number of benzene rings is 2. The van der Waals surface area contributed by atoms with Crippen molar-refractivity contribution in [3.8, 4) is 11.5 Å². The van der Waals surface area contributed by atoms with E-state index in [9.17, 15) is 9.00 Å². The SMILES string of the molecule is COc1ccc(CCNC(=O)c2ccc(C[S@@](=O)c3ccccc3Cl)o2)cc1OC. The summed E-state index contributed by atoms with van der Waals surface area (Å²) in [5.74, 6) is 1.74. The number of furan rings is 1. The Morgan fingerprint density at radius 3 is 2.57 bits per heavy atom. The van der Waals surface area contributed by atoms with E-state index in [-0.39, 0.29) is 17.4 Å². The molecule has 0 aliphatic rings. The van der Waals surface area contributed by atoms with Crippen LogP contribution in [0.2, 0.25) is 5.02 Å². The molecule has 0 saturated carbocycles. The van der Waals surface area contributed by atoms with Crippen LogP contribution in [0.4, 0.5) is 0 Å². The van der Waals surface area contributed by atoms with Gasteiger partial charge in [-0.15, -0.1) is 0 Å². The van der Waals surface area contributed by atoms with Gasteiger partial charge in [0.2, 0.25) is 0 Å². The molecule has 1 heterocycles. The summed E-state index contributed by atoms with van der Waals surface area (Å²) in [6.07, 6.45) is 0.621. The lowest BCUT2D eigenvalue weighted by Crippen LogP contribution is -2.25. The van der Waals surface area contributed by atoms with Crippen molar-refractivity contribution in [1.29, 1.82) is 0 Å². The van der Waals surface area contributed by atoms with Crippen LogP contribution in [0.1, 0.15) is 21.9 Å². The summed E-state index contributed by atoms with van der Waals surface area (Å²) < 4.78 is 28.6. The van der Waals surface area contributed by atoms with Crippen LogP contribution in [0.5, 0.6) is 11.5 Å². The fourth-order valence-corrected chi connectivity index (χ4v) is 4.34. The van der Waals surface area contributed by atoms with Gasteiger partial charge >= 0.3 is 0 Å². The number of amides is 1. The van der Waals surface area contributed by atoms with Crippen LogP contribution >= 0.6 is 11.6 Å². The van der Waals surface area contributed by atoms with Gasteiger partial charge in [0, 0.05) is 6.54 Å². The minimum absolute atomic E-state index is 0.142. The number of hydrogen-bond donors (Lipinski definition) is 1. The Morgan fingerprint density at radius 2 is 1.83 bits per heavy atom. The predicted molar refractivity (Wildman–Crippen MR) is 116 cm³/mol. The summed E-state index contributed by atoms with van der Waals surface area (Å²) in [5.41, 5.74) is 1.00. The molecule has 1 aromatic heterocycles. The first-order chi connectivity index (χ1) is 14.5. The molecule has 0 fully saturated rings. The van der Waals surface area contributed by atoms with Crippen molar-refractivity contribution >= 4 is 28.3 Å². The first kappa shape index (κ1) is 21.9. The molecule has 0 radical (unpaired) electrons. The molecule has 0 unspecified atom stereocenters. The molecule has 0 aliphatic carbocycles. The second-order valence-electron chi connectivity index (χ2n) is 6.38. The van der Waals surface area contributed by atoms with Gasteiger partial charge in [0.05, 0.1) is 40.7 Å². The largest absolute Gasteiger partial charge is 0.493 e. The second-order valence-corrected chi connectivity index (χ2v) is 8.21. The maximum Gasteiger partial charge on any atom is 0.287 e. The topological polar surface area (TPSA) is 77.8 Å². The molecule has 30 heavy (non-hydrogen) atoms. The molecule has 8 heteroatoms. The van der Waals surface area contributed by atoms with Crippen molar-refractivity contribution in [1.82, 2.24) is 5.32 Å². The third kappa shape index (κ3) is 5.43. The van der Waals surface area contributed by atoms with Crippen LogP contribution in [0.3, 0.4) is 0 Å². The monoisotopic (exact) mass is 447 g/mol. The minimum Gasteiger partial charge on any atom is -0.493 e. The van der Waals surface area contributed by atoms with E-state index in [1.807, 2.05) is 18.2 Å². The van der Waals surface area contributed by atoms with Gasteiger partial charge in [-0.25, -0.2) is 0 Å².